The minimum absolute atomic E-state index is 0.0616. The lowest BCUT2D eigenvalue weighted by Gasteiger charge is -2.04. The van der Waals surface area contributed by atoms with Crippen LogP contribution in [0.15, 0.2) is 6.20 Å². The van der Waals surface area contributed by atoms with Gasteiger partial charge in [0.15, 0.2) is 5.69 Å². The van der Waals surface area contributed by atoms with E-state index in [2.05, 4.69) is 20.1 Å². The van der Waals surface area contributed by atoms with Gasteiger partial charge in [-0.1, -0.05) is 0 Å². The third-order valence-electron chi connectivity index (χ3n) is 1.43. The first kappa shape index (κ1) is 10.1. The highest BCUT2D eigenvalue weighted by atomic mass is 16.6. The van der Waals surface area contributed by atoms with E-state index in [1.165, 1.54) is 0 Å². The Morgan fingerprint density at radius 3 is 3.00 bits per heavy atom. The summed E-state index contributed by atoms with van der Waals surface area (Å²) < 4.78 is 4.53. The molecule has 76 valence electrons. The van der Waals surface area contributed by atoms with Crippen LogP contribution in [0.5, 0.6) is 0 Å². The Hall–Kier alpha value is -1.99. The fourth-order valence-corrected chi connectivity index (χ4v) is 0.878. The van der Waals surface area contributed by atoms with Crippen molar-refractivity contribution >= 4 is 5.97 Å². The third-order valence-corrected chi connectivity index (χ3v) is 1.43. The first-order valence-electron chi connectivity index (χ1n) is 3.82. The van der Waals surface area contributed by atoms with Crippen molar-refractivity contribution in [1.82, 2.24) is 15.4 Å². The van der Waals surface area contributed by atoms with Crippen molar-refractivity contribution in [1.29, 1.82) is 0 Å². The van der Waals surface area contributed by atoms with Gasteiger partial charge in [-0.25, -0.2) is 4.79 Å². The maximum absolute atomic E-state index is 11.1. The molecular weight excluding hydrogens is 192 g/mol. The maximum atomic E-state index is 11.1. The van der Waals surface area contributed by atoms with E-state index in [-0.39, 0.29) is 12.3 Å². The van der Waals surface area contributed by atoms with Crippen molar-refractivity contribution in [2.45, 2.75) is 13.0 Å². The van der Waals surface area contributed by atoms with Gasteiger partial charge in [-0.05, 0) is 6.92 Å². The van der Waals surface area contributed by atoms with Crippen LogP contribution in [0.25, 0.3) is 0 Å². The monoisotopic (exact) mass is 200 g/mol. The molecule has 1 atom stereocenters. The molecule has 0 fully saturated rings. The first-order valence-corrected chi connectivity index (χ1v) is 3.82. The molecule has 0 bridgehead atoms. The van der Waals surface area contributed by atoms with Crippen LogP contribution in [0.4, 0.5) is 0 Å². The molecule has 1 heterocycles. The van der Waals surface area contributed by atoms with E-state index in [1.807, 2.05) is 0 Å². The molecule has 0 amide bonds. The lowest BCUT2D eigenvalue weighted by atomic mass is 10.2. The third kappa shape index (κ3) is 2.03. The SMILES string of the molecule is CCOC(=O)C(c1cn[nH]n1)[N+](=O)[O-]. The molecule has 0 saturated carbocycles. The molecule has 0 saturated heterocycles. The summed E-state index contributed by atoms with van der Waals surface area (Å²) in [5.41, 5.74) is -0.0616. The van der Waals surface area contributed by atoms with Gasteiger partial charge < -0.3 is 4.74 Å². The standard InChI is InChI=1S/C6H8N4O4/c1-2-14-6(11)5(10(12)13)4-3-7-9-8-4/h3,5H,2H2,1H3,(H,7,8,9). The molecule has 1 unspecified atom stereocenters. The number of nitrogens with zero attached hydrogens (tertiary/aromatic N) is 3. The minimum atomic E-state index is -1.60. The lowest BCUT2D eigenvalue weighted by Crippen LogP contribution is -2.23. The van der Waals surface area contributed by atoms with Gasteiger partial charge in [-0.15, -0.1) is 0 Å². The van der Waals surface area contributed by atoms with Crippen molar-refractivity contribution in [2.24, 2.45) is 0 Å². The van der Waals surface area contributed by atoms with Gasteiger partial charge in [-0.3, -0.25) is 10.1 Å². The van der Waals surface area contributed by atoms with Gasteiger partial charge in [0.05, 0.1) is 12.8 Å². The second-order valence-electron chi connectivity index (χ2n) is 2.33. The Balaban J connectivity index is 2.85. The Bertz CT molecular complexity index is 323. The normalized spacial score (nSPS) is 12.1. The smallest absolute Gasteiger partial charge is 0.388 e. The van der Waals surface area contributed by atoms with Crippen LogP contribution in [-0.2, 0) is 9.53 Å². The van der Waals surface area contributed by atoms with Crippen molar-refractivity contribution in [3.8, 4) is 0 Å². The molecule has 0 spiro atoms. The molecule has 0 aliphatic heterocycles. The summed E-state index contributed by atoms with van der Waals surface area (Å²) in [6.45, 7) is 1.65. The van der Waals surface area contributed by atoms with Gasteiger partial charge in [0.2, 0.25) is 0 Å². The predicted molar refractivity (Wildman–Crippen MR) is 42.8 cm³/mol. The maximum Gasteiger partial charge on any atom is 0.388 e. The van der Waals surface area contributed by atoms with Crippen molar-refractivity contribution < 1.29 is 14.5 Å². The van der Waals surface area contributed by atoms with Gasteiger partial charge in [0.25, 0.3) is 0 Å². The van der Waals surface area contributed by atoms with Crippen LogP contribution < -0.4 is 0 Å². The average molecular weight is 200 g/mol. The van der Waals surface area contributed by atoms with E-state index in [4.69, 9.17) is 0 Å². The van der Waals surface area contributed by atoms with E-state index in [9.17, 15) is 14.9 Å². The number of nitrogens with one attached hydrogen (secondary N) is 1. The largest absolute Gasteiger partial charge is 0.461 e. The fourth-order valence-electron chi connectivity index (χ4n) is 0.878. The molecule has 0 radical (unpaired) electrons. The molecule has 0 aliphatic rings. The molecule has 8 heteroatoms. The fraction of sp³-hybridized carbons (Fsp3) is 0.500. The number of carbonyl (C=O) groups is 1. The van der Waals surface area contributed by atoms with Crippen molar-refractivity contribution in [2.75, 3.05) is 6.61 Å². The van der Waals surface area contributed by atoms with Gasteiger partial charge in [-0.2, -0.15) is 15.4 Å². The molecule has 1 N–H and O–H groups in total. The van der Waals surface area contributed by atoms with E-state index in [1.54, 1.807) is 6.92 Å². The second kappa shape index (κ2) is 4.30. The Kier molecular flexibility index (Phi) is 3.10. The second-order valence-corrected chi connectivity index (χ2v) is 2.33. The summed E-state index contributed by atoms with van der Waals surface area (Å²) in [5.74, 6) is -0.939. The zero-order chi connectivity index (χ0) is 10.6. The van der Waals surface area contributed by atoms with Gasteiger partial charge in [0.1, 0.15) is 0 Å². The molecule has 1 rings (SSSR count). The number of esters is 1. The molecule has 0 aromatic carbocycles. The van der Waals surface area contributed by atoms with Crippen LogP contribution in [0.2, 0.25) is 0 Å². The number of aromatic amines is 1. The van der Waals surface area contributed by atoms with Crippen molar-refractivity contribution in [3.05, 3.63) is 22.0 Å². The molecule has 1 aromatic heterocycles. The van der Waals surface area contributed by atoms with E-state index >= 15 is 0 Å². The highest BCUT2D eigenvalue weighted by molar-refractivity contribution is 5.75. The predicted octanol–water partition coefficient (Wildman–Crippen LogP) is -0.314. The van der Waals surface area contributed by atoms with E-state index in [0.29, 0.717) is 0 Å². The summed E-state index contributed by atoms with van der Waals surface area (Å²) in [6, 6.07) is -1.60. The zero-order valence-electron chi connectivity index (χ0n) is 7.34. The number of ether oxygens (including phenoxy) is 1. The number of hydrogen-bond acceptors (Lipinski definition) is 6. The van der Waals surface area contributed by atoms with Crippen LogP contribution in [-0.4, -0.2) is 32.9 Å². The lowest BCUT2D eigenvalue weighted by molar-refractivity contribution is -0.517. The quantitative estimate of drug-likeness (QED) is 0.405. The summed E-state index contributed by atoms with van der Waals surface area (Å²) in [7, 11) is 0. The van der Waals surface area contributed by atoms with E-state index < -0.39 is 16.9 Å². The number of hydrogen-bond donors (Lipinski definition) is 1. The van der Waals surface area contributed by atoms with Crippen LogP contribution >= 0.6 is 0 Å². The van der Waals surface area contributed by atoms with Gasteiger partial charge in [0, 0.05) is 4.92 Å². The summed E-state index contributed by atoms with van der Waals surface area (Å²) in [4.78, 5) is 20.9. The van der Waals surface area contributed by atoms with Gasteiger partial charge >= 0.3 is 12.0 Å². The van der Waals surface area contributed by atoms with E-state index in [0.717, 1.165) is 6.20 Å². The highest BCUT2D eigenvalue weighted by Crippen LogP contribution is 2.13. The first-order chi connectivity index (χ1) is 6.66. The summed E-state index contributed by atoms with van der Waals surface area (Å²) in [6.07, 6.45) is 1.12. The highest BCUT2D eigenvalue weighted by Gasteiger charge is 2.35. The number of H-pyrrole nitrogens is 1. The zero-order valence-corrected chi connectivity index (χ0v) is 7.34. The minimum Gasteiger partial charge on any atom is -0.461 e. The molecule has 0 aliphatic carbocycles. The number of carbonyl (C=O) groups excluding carboxylic acids is 1. The van der Waals surface area contributed by atoms with Crippen LogP contribution in [0, 0.1) is 10.1 Å². The molecule has 8 nitrogen and oxygen atoms in total. The summed E-state index contributed by atoms with van der Waals surface area (Å²) in [5, 5.41) is 19.6. The summed E-state index contributed by atoms with van der Waals surface area (Å²) >= 11 is 0. The Labute approximate surface area is 78.4 Å². The molecule has 1 aromatic rings. The van der Waals surface area contributed by atoms with Crippen LogP contribution in [0.3, 0.4) is 0 Å². The molecule has 14 heavy (non-hydrogen) atoms. The number of aromatic nitrogens is 3. The Morgan fingerprint density at radius 1 is 1.86 bits per heavy atom. The Morgan fingerprint density at radius 2 is 2.57 bits per heavy atom. The van der Waals surface area contributed by atoms with Crippen LogP contribution in [0.1, 0.15) is 18.7 Å². The van der Waals surface area contributed by atoms with Crippen molar-refractivity contribution in [3.63, 3.8) is 0 Å². The topological polar surface area (TPSA) is 111 Å². The molecular formula is C6H8N4O4. The number of nitro groups is 1. The number of rotatable bonds is 4. The average Bonchev–Trinajstić information content (AvgIpc) is 2.57.